The van der Waals surface area contributed by atoms with Crippen LogP contribution in [0.2, 0.25) is 0 Å². The highest BCUT2D eigenvalue weighted by molar-refractivity contribution is 7.09. The number of hydrogen-bond acceptors (Lipinski definition) is 4. The van der Waals surface area contributed by atoms with E-state index in [0.29, 0.717) is 11.7 Å². The van der Waals surface area contributed by atoms with Crippen molar-refractivity contribution < 1.29 is 0 Å². The summed E-state index contributed by atoms with van der Waals surface area (Å²) in [5, 5.41) is 2.88. The number of aromatic amines is 1. The number of thiazole rings is 1. The summed E-state index contributed by atoms with van der Waals surface area (Å²) in [6, 6.07) is 1.56. The molecule has 0 amide bonds. The Kier molecular flexibility index (Phi) is 3.38. The highest BCUT2D eigenvalue weighted by atomic mass is 32.1. The van der Waals surface area contributed by atoms with Crippen molar-refractivity contribution in [2.45, 2.75) is 27.2 Å². The van der Waals surface area contributed by atoms with E-state index in [9.17, 15) is 4.79 Å². The first kappa shape index (κ1) is 12.0. The lowest BCUT2D eigenvalue weighted by Gasteiger charge is -2.04. The van der Waals surface area contributed by atoms with Gasteiger partial charge in [-0.3, -0.25) is 4.79 Å². The van der Waals surface area contributed by atoms with Crippen LogP contribution in [0.15, 0.2) is 16.2 Å². The molecular weight excluding hydrogens is 234 g/mol. The first-order valence-electron chi connectivity index (χ1n) is 5.57. The van der Waals surface area contributed by atoms with E-state index in [-0.39, 0.29) is 5.56 Å². The van der Waals surface area contributed by atoms with Crippen molar-refractivity contribution in [3.63, 3.8) is 0 Å². The van der Waals surface area contributed by atoms with Gasteiger partial charge in [-0.25, -0.2) is 9.97 Å². The van der Waals surface area contributed by atoms with E-state index in [2.05, 4.69) is 28.8 Å². The van der Waals surface area contributed by atoms with Gasteiger partial charge in [-0.05, 0) is 19.3 Å². The van der Waals surface area contributed by atoms with E-state index in [1.165, 1.54) is 0 Å². The van der Waals surface area contributed by atoms with E-state index in [1.807, 2.05) is 12.3 Å². The van der Waals surface area contributed by atoms with E-state index >= 15 is 0 Å². The summed E-state index contributed by atoms with van der Waals surface area (Å²) < 4.78 is 0. The second kappa shape index (κ2) is 4.79. The lowest BCUT2D eigenvalue weighted by Crippen LogP contribution is -2.11. The highest BCUT2D eigenvalue weighted by Gasteiger charge is 2.08. The zero-order chi connectivity index (χ0) is 12.4. The Bertz CT molecular complexity index is 571. The van der Waals surface area contributed by atoms with Crippen molar-refractivity contribution in [2.75, 3.05) is 0 Å². The van der Waals surface area contributed by atoms with Gasteiger partial charge in [0, 0.05) is 17.1 Å². The number of hydrogen-bond donors (Lipinski definition) is 1. The second-order valence-corrected chi connectivity index (χ2v) is 5.50. The average molecular weight is 249 g/mol. The fourth-order valence-electron chi connectivity index (χ4n) is 1.62. The molecule has 0 aliphatic rings. The summed E-state index contributed by atoms with van der Waals surface area (Å²) in [4.78, 5) is 23.1. The lowest BCUT2D eigenvalue weighted by atomic mass is 10.1. The molecule has 0 radical (unpaired) electrons. The molecule has 2 rings (SSSR count). The van der Waals surface area contributed by atoms with Crippen LogP contribution in [0.4, 0.5) is 0 Å². The van der Waals surface area contributed by atoms with Crippen LogP contribution >= 0.6 is 11.3 Å². The summed E-state index contributed by atoms with van der Waals surface area (Å²) in [5.41, 5.74) is 1.45. The van der Waals surface area contributed by atoms with Gasteiger partial charge in [-0.2, -0.15) is 0 Å². The molecule has 2 aromatic rings. The van der Waals surface area contributed by atoms with Crippen molar-refractivity contribution in [2.24, 2.45) is 5.92 Å². The third kappa shape index (κ3) is 3.00. The van der Waals surface area contributed by atoms with Crippen molar-refractivity contribution >= 4 is 11.3 Å². The minimum Gasteiger partial charge on any atom is -0.305 e. The zero-order valence-corrected chi connectivity index (χ0v) is 11.0. The van der Waals surface area contributed by atoms with Gasteiger partial charge in [-0.1, -0.05) is 13.8 Å². The Morgan fingerprint density at radius 1 is 1.41 bits per heavy atom. The molecule has 0 aliphatic heterocycles. The van der Waals surface area contributed by atoms with Crippen LogP contribution in [0.3, 0.4) is 0 Å². The molecule has 0 unspecified atom stereocenters. The summed E-state index contributed by atoms with van der Waals surface area (Å²) in [7, 11) is 0. The molecular formula is C12H15N3OS. The molecule has 17 heavy (non-hydrogen) atoms. The van der Waals surface area contributed by atoms with Gasteiger partial charge in [0.15, 0.2) is 5.82 Å². The molecule has 0 saturated heterocycles. The molecule has 90 valence electrons. The van der Waals surface area contributed by atoms with Crippen molar-refractivity contribution in [1.82, 2.24) is 15.0 Å². The zero-order valence-electron chi connectivity index (χ0n) is 10.2. The van der Waals surface area contributed by atoms with Crippen LogP contribution < -0.4 is 5.56 Å². The molecule has 1 N–H and O–H groups in total. The van der Waals surface area contributed by atoms with Crippen molar-refractivity contribution in [1.29, 1.82) is 0 Å². The third-order valence-corrected chi connectivity index (χ3v) is 3.05. The van der Waals surface area contributed by atoms with Gasteiger partial charge < -0.3 is 4.98 Å². The van der Waals surface area contributed by atoms with Crippen LogP contribution in [-0.2, 0) is 6.42 Å². The fraction of sp³-hybridized carbons (Fsp3) is 0.417. The van der Waals surface area contributed by atoms with E-state index < -0.39 is 0 Å². The van der Waals surface area contributed by atoms with E-state index in [1.54, 1.807) is 17.4 Å². The first-order valence-corrected chi connectivity index (χ1v) is 6.45. The Labute approximate surface area is 104 Å². The van der Waals surface area contributed by atoms with Gasteiger partial charge in [0.2, 0.25) is 0 Å². The molecule has 0 bridgehead atoms. The van der Waals surface area contributed by atoms with Gasteiger partial charge in [0.25, 0.3) is 5.56 Å². The van der Waals surface area contributed by atoms with Crippen molar-refractivity contribution in [3.8, 4) is 11.5 Å². The molecule has 0 aliphatic carbocycles. The summed E-state index contributed by atoms with van der Waals surface area (Å²) in [6.45, 7) is 6.15. The lowest BCUT2D eigenvalue weighted by molar-refractivity contribution is 0.633. The molecule has 4 nitrogen and oxygen atoms in total. The SMILES string of the molecule is Cc1nc(-c2nc(CC(C)C)cc(=O)[nH]2)cs1. The van der Waals surface area contributed by atoms with Gasteiger partial charge in [0.1, 0.15) is 5.69 Å². The van der Waals surface area contributed by atoms with Crippen LogP contribution in [0.1, 0.15) is 24.5 Å². The largest absolute Gasteiger partial charge is 0.305 e. The van der Waals surface area contributed by atoms with Crippen LogP contribution in [0.5, 0.6) is 0 Å². The second-order valence-electron chi connectivity index (χ2n) is 4.44. The van der Waals surface area contributed by atoms with E-state index in [4.69, 9.17) is 0 Å². The normalized spacial score (nSPS) is 11.1. The number of aromatic nitrogens is 3. The van der Waals surface area contributed by atoms with Crippen molar-refractivity contribution in [3.05, 3.63) is 32.5 Å². The first-order chi connectivity index (χ1) is 8.04. The summed E-state index contributed by atoms with van der Waals surface area (Å²) in [6.07, 6.45) is 0.806. The summed E-state index contributed by atoms with van der Waals surface area (Å²) >= 11 is 1.55. The summed E-state index contributed by atoms with van der Waals surface area (Å²) in [5.74, 6) is 1.05. The van der Waals surface area contributed by atoms with Gasteiger partial charge in [0.05, 0.1) is 5.01 Å². The molecule has 0 fully saturated rings. The molecule has 0 spiro atoms. The number of nitrogens with zero attached hydrogens (tertiary/aromatic N) is 2. The van der Waals surface area contributed by atoms with Crippen LogP contribution in [0, 0.1) is 12.8 Å². The van der Waals surface area contributed by atoms with Crippen LogP contribution in [0.25, 0.3) is 11.5 Å². The molecule has 2 aromatic heterocycles. The molecule has 0 atom stereocenters. The minimum absolute atomic E-state index is 0.115. The highest BCUT2D eigenvalue weighted by Crippen LogP contribution is 2.17. The maximum absolute atomic E-state index is 11.6. The molecule has 0 aromatic carbocycles. The number of aryl methyl sites for hydroxylation is 1. The van der Waals surface area contributed by atoms with Gasteiger partial charge >= 0.3 is 0 Å². The number of rotatable bonds is 3. The molecule has 0 saturated carbocycles. The predicted molar refractivity (Wildman–Crippen MR) is 69.2 cm³/mol. The predicted octanol–water partition coefficient (Wildman–Crippen LogP) is 2.40. The quantitative estimate of drug-likeness (QED) is 0.908. The Hall–Kier alpha value is -1.49. The fourth-order valence-corrected chi connectivity index (χ4v) is 2.22. The monoisotopic (exact) mass is 249 g/mol. The van der Waals surface area contributed by atoms with Crippen LogP contribution in [-0.4, -0.2) is 15.0 Å². The maximum Gasteiger partial charge on any atom is 0.251 e. The standard InChI is InChI=1S/C12H15N3OS/c1-7(2)4-9-5-11(16)15-12(14-9)10-6-17-8(3)13-10/h5-7H,4H2,1-3H3,(H,14,15,16). The Balaban J connectivity index is 2.41. The smallest absolute Gasteiger partial charge is 0.251 e. The van der Waals surface area contributed by atoms with Gasteiger partial charge in [-0.15, -0.1) is 11.3 Å². The average Bonchev–Trinajstić information content (AvgIpc) is 2.62. The topological polar surface area (TPSA) is 58.6 Å². The molecule has 5 heteroatoms. The third-order valence-electron chi connectivity index (χ3n) is 2.27. The Morgan fingerprint density at radius 3 is 2.76 bits per heavy atom. The maximum atomic E-state index is 11.6. The molecule has 2 heterocycles. The number of nitrogens with one attached hydrogen (secondary N) is 1. The number of H-pyrrole nitrogens is 1. The van der Waals surface area contributed by atoms with E-state index in [0.717, 1.165) is 22.8 Å². The Morgan fingerprint density at radius 2 is 2.18 bits per heavy atom. The minimum atomic E-state index is -0.115.